The smallest absolute Gasteiger partial charge is 0.339 e. The molecule has 2 aromatic rings. The standard InChI is InChI=1S/C18H20O4Si/c1-23(2,3)22-18(20)16-12-8-7-11-15(16)17(19)21-13-14-9-5-4-6-10-14/h4-12H,13H2,1-3H3. The Hall–Kier alpha value is -2.40. The SMILES string of the molecule is C[Si](C)(C)OC(=O)c1ccccc1C(=O)OCc1ccccc1. The van der Waals surface area contributed by atoms with Crippen LogP contribution >= 0.6 is 0 Å². The van der Waals surface area contributed by atoms with E-state index < -0.39 is 20.3 Å². The van der Waals surface area contributed by atoms with Crippen molar-refractivity contribution in [1.82, 2.24) is 0 Å². The van der Waals surface area contributed by atoms with E-state index in [1.807, 2.05) is 50.0 Å². The Bertz CT molecular complexity index is 690. The van der Waals surface area contributed by atoms with Crippen LogP contribution in [0.2, 0.25) is 19.6 Å². The number of benzene rings is 2. The molecule has 0 bridgehead atoms. The Kier molecular flexibility index (Phi) is 5.34. The van der Waals surface area contributed by atoms with Gasteiger partial charge in [-0.2, -0.15) is 0 Å². The predicted molar refractivity (Wildman–Crippen MR) is 90.8 cm³/mol. The zero-order valence-electron chi connectivity index (χ0n) is 13.5. The van der Waals surface area contributed by atoms with Crippen molar-refractivity contribution in [3.05, 3.63) is 71.3 Å². The van der Waals surface area contributed by atoms with Gasteiger partial charge in [-0.1, -0.05) is 42.5 Å². The van der Waals surface area contributed by atoms with Gasteiger partial charge >= 0.3 is 11.9 Å². The second kappa shape index (κ2) is 7.24. The largest absolute Gasteiger partial charge is 0.516 e. The van der Waals surface area contributed by atoms with Crippen LogP contribution in [-0.2, 0) is 15.8 Å². The summed E-state index contributed by atoms with van der Waals surface area (Å²) in [6.45, 7) is 5.92. The quantitative estimate of drug-likeness (QED) is 0.614. The highest BCUT2D eigenvalue weighted by Crippen LogP contribution is 2.16. The highest BCUT2D eigenvalue weighted by Gasteiger charge is 2.24. The highest BCUT2D eigenvalue weighted by atomic mass is 28.4. The first-order valence-electron chi connectivity index (χ1n) is 7.40. The number of carbonyl (C=O) groups excluding carboxylic acids is 2. The van der Waals surface area contributed by atoms with Gasteiger partial charge in [0.25, 0.3) is 0 Å². The number of esters is 1. The molecule has 0 spiro atoms. The summed E-state index contributed by atoms with van der Waals surface area (Å²) in [7, 11) is -2.03. The molecule has 120 valence electrons. The fraction of sp³-hybridized carbons (Fsp3) is 0.222. The van der Waals surface area contributed by atoms with Gasteiger partial charge in [0.15, 0.2) is 0 Å². The van der Waals surface area contributed by atoms with Crippen molar-refractivity contribution >= 4 is 20.3 Å². The van der Waals surface area contributed by atoms with E-state index in [-0.39, 0.29) is 17.7 Å². The van der Waals surface area contributed by atoms with Crippen LogP contribution in [0.25, 0.3) is 0 Å². The van der Waals surface area contributed by atoms with Gasteiger partial charge in [-0.25, -0.2) is 9.59 Å². The third kappa shape index (κ3) is 5.07. The first-order chi connectivity index (χ1) is 10.9. The lowest BCUT2D eigenvalue weighted by Gasteiger charge is -2.18. The van der Waals surface area contributed by atoms with Gasteiger partial charge in [0, 0.05) is 0 Å². The molecule has 0 saturated carbocycles. The summed E-state index contributed by atoms with van der Waals surface area (Å²) in [6.07, 6.45) is 0. The molecule has 5 heteroatoms. The van der Waals surface area contributed by atoms with Crippen LogP contribution in [0.5, 0.6) is 0 Å². The van der Waals surface area contributed by atoms with Crippen LogP contribution in [0.3, 0.4) is 0 Å². The van der Waals surface area contributed by atoms with E-state index in [0.717, 1.165) is 5.56 Å². The summed E-state index contributed by atoms with van der Waals surface area (Å²) in [5.41, 5.74) is 1.36. The van der Waals surface area contributed by atoms with E-state index >= 15 is 0 Å². The van der Waals surface area contributed by atoms with Gasteiger partial charge in [0.2, 0.25) is 8.32 Å². The molecule has 4 nitrogen and oxygen atoms in total. The second-order valence-corrected chi connectivity index (χ2v) is 10.5. The predicted octanol–water partition coefficient (Wildman–Crippen LogP) is 4.04. The maximum absolute atomic E-state index is 12.3. The van der Waals surface area contributed by atoms with Crippen molar-refractivity contribution in [2.24, 2.45) is 0 Å². The second-order valence-electron chi connectivity index (χ2n) is 6.11. The van der Waals surface area contributed by atoms with Gasteiger partial charge in [-0.05, 0) is 37.3 Å². The molecule has 2 aromatic carbocycles. The van der Waals surface area contributed by atoms with Crippen molar-refractivity contribution < 1.29 is 18.8 Å². The molecular formula is C18H20O4Si. The first kappa shape index (κ1) is 17.0. The lowest BCUT2D eigenvalue weighted by Crippen LogP contribution is -2.30. The lowest BCUT2D eigenvalue weighted by atomic mass is 10.1. The number of hydrogen-bond donors (Lipinski definition) is 0. The van der Waals surface area contributed by atoms with Crippen LogP contribution in [0.4, 0.5) is 0 Å². The van der Waals surface area contributed by atoms with Crippen molar-refractivity contribution in [1.29, 1.82) is 0 Å². The summed E-state index contributed by atoms with van der Waals surface area (Å²) >= 11 is 0. The minimum absolute atomic E-state index is 0.164. The summed E-state index contributed by atoms with van der Waals surface area (Å²) < 4.78 is 10.8. The zero-order valence-corrected chi connectivity index (χ0v) is 14.5. The molecule has 0 saturated heterocycles. The molecule has 0 aliphatic carbocycles. The Morgan fingerprint density at radius 2 is 1.35 bits per heavy atom. The molecule has 0 aliphatic rings. The average molecular weight is 328 g/mol. The average Bonchev–Trinajstić information content (AvgIpc) is 2.52. The fourth-order valence-electron chi connectivity index (χ4n) is 1.97. The molecular weight excluding hydrogens is 308 g/mol. The fourth-order valence-corrected chi connectivity index (χ4v) is 2.64. The molecule has 2 rings (SSSR count). The van der Waals surface area contributed by atoms with E-state index in [1.54, 1.807) is 24.3 Å². The third-order valence-corrected chi connectivity index (χ3v) is 3.78. The molecule has 0 radical (unpaired) electrons. The van der Waals surface area contributed by atoms with E-state index in [0.29, 0.717) is 0 Å². The van der Waals surface area contributed by atoms with Crippen molar-refractivity contribution in [2.45, 2.75) is 26.2 Å². The van der Waals surface area contributed by atoms with Crippen LogP contribution in [-0.4, -0.2) is 20.3 Å². The van der Waals surface area contributed by atoms with Crippen molar-refractivity contribution in [2.75, 3.05) is 0 Å². The summed E-state index contributed by atoms with van der Waals surface area (Å²) in [6, 6.07) is 16.0. The Morgan fingerprint density at radius 3 is 1.91 bits per heavy atom. The molecule has 0 heterocycles. The minimum Gasteiger partial charge on any atom is -0.516 e. The van der Waals surface area contributed by atoms with E-state index in [1.165, 1.54) is 0 Å². The molecule has 0 aliphatic heterocycles. The third-order valence-electron chi connectivity index (χ3n) is 2.98. The zero-order chi connectivity index (χ0) is 16.9. The number of rotatable bonds is 5. The molecule has 23 heavy (non-hydrogen) atoms. The topological polar surface area (TPSA) is 52.6 Å². The Balaban J connectivity index is 2.13. The van der Waals surface area contributed by atoms with Crippen molar-refractivity contribution in [3.63, 3.8) is 0 Å². The van der Waals surface area contributed by atoms with Gasteiger partial charge in [0.1, 0.15) is 6.61 Å². The molecule has 0 unspecified atom stereocenters. The van der Waals surface area contributed by atoms with Crippen molar-refractivity contribution in [3.8, 4) is 0 Å². The molecule has 0 fully saturated rings. The molecule has 0 atom stereocenters. The first-order valence-corrected chi connectivity index (χ1v) is 10.8. The normalized spacial score (nSPS) is 10.9. The van der Waals surface area contributed by atoms with Gasteiger partial charge < -0.3 is 9.16 Å². The van der Waals surface area contributed by atoms with Crippen LogP contribution < -0.4 is 0 Å². The van der Waals surface area contributed by atoms with E-state index in [2.05, 4.69) is 0 Å². The van der Waals surface area contributed by atoms with Crippen LogP contribution in [0.15, 0.2) is 54.6 Å². The van der Waals surface area contributed by atoms with Gasteiger partial charge in [-0.15, -0.1) is 0 Å². The molecule has 0 aromatic heterocycles. The number of ether oxygens (including phenoxy) is 1. The summed E-state index contributed by atoms with van der Waals surface area (Å²) in [5, 5.41) is 0. The maximum Gasteiger partial charge on any atom is 0.339 e. The summed E-state index contributed by atoms with van der Waals surface area (Å²) in [5.74, 6) is -1.01. The highest BCUT2D eigenvalue weighted by molar-refractivity contribution is 6.71. The Morgan fingerprint density at radius 1 is 0.826 bits per heavy atom. The van der Waals surface area contributed by atoms with E-state index in [9.17, 15) is 9.59 Å². The maximum atomic E-state index is 12.3. The van der Waals surface area contributed by atoms with Crippen LogP contribution in [0.1, 0.15) is 26.3 Å². The van der Waals surface area contributed by atoms with Gasteiger partial charge in [0.05, 0.1) is 11.1 Å². The molecule has 0 amide bonds. The number of carbonyl (C=O) groups is 2. The van der Waals surface area contributed by atoms with E-state index in [4.69, 9.17) is 9.16 Å². The van der Waals surface area contributed by atoms with Crippen LogP contribution in [0, 0.1) is 0 Å². The Labute approximate surface area is 137 Å². The lowest BCUT2D eigenvalue weighted by molar-refractivity contribution is 0.0464. The summed E-state index contributed by atoms with van der Waals surface area (Å²) in [4.78, 5) is 24.6. The molecule has 0 N–H and O–H groups in total. The number of hydrogen-bond acceptors (Lipinski definition) is 4. The monoisotopic (exact) mass is 328 g/mol. The van der Waals surface area contributed by atoms with Gasteiger partial charge in [-0.3, -0.25) is 0 Å². The minimum atomic E-state index is -2.03.